The van der Waals surface area contributed by atoms with Gasteiger partial charge >= 0.3 is 37.2 Å². The van der Waals surface area contributed by atoms with Gasteiger partial charge in [0.25, 0.3) is 0 Å². The third kappa shape index (κ3) is 13.1. The molecule has 1 aromatic carbocycles. The van der Waals surface area contributed by atoms with Crippen molar-refractivity contribution in [3.8, 4) is 0 Å². The van der Waals surface area contributed by atoms with Gasteiger partial charge in [-0.3, -0.25) is 0 Å². The fraction of sp³-hybridized carbons (Fsp3) is 0. The maximum absolute atomic E-state index is 7.00. The van der Waals surface area contributed by atoms with Crippen LogP contribution in [0.1, 0.15) is 1.43 Å². The molecule has 3 nitrogen and oxygen atoms in total. The summed E-state index contributed by atoms with van der Waals surface area (Å²) in [4.78, 5) is 1.02. The molecular formula is C6H11BNaO3S. The van der Waals surface area contributed by atoms with E-state index in [2.05, 4.69) is 12.6 Å². The van der Waals surface area contributed by atoms with Crippen molar-refractivity contribution in [3.05, 3.63) is 30.3 Å². The van der Waals surface area contributed by atoms with Crippen molar-refractivity contribution < 1.29 is 46.5 Å². The molecule has 1 aromatic rings. The Bertz CT molecular complexity index is 169. The molecule has 0 aliphatic carbocycles. The van der Waals surface area contributed by atoms with Crippen LogP contribution in [0.5, 0.6) is 0 Å². The summed E-state index contributed by atoms with van der Waals surface area (Å²) in [5.41, 5.74) is 0. The third-order valence-electron chi connectivity index (χ3n) is 0.756. The molecule has 0 aliphatic rings. The molecule has 0 atom stereocenters. The normalized spacial score (nSPS) is 6.25. The quantitative estimate of drug-likeness (QED) is 0.302. The predicted octanol–water partition coefficient (Wildman–Crippen LogP) is -3.23. The Morgan fingerprint density at radius 3 is 1.67 bits per heavy atom. The first-order valence-corrected chi connectivity index (χ1v) is 3.10. The molecule has 0 saturated heterocycles. The molecule has 0 bridgehead atoms. The zero-order valence-electron chi connectivity index (χ0n) is 7.81. The summed E-state index contributed by atoms with van der Waals surface area (Å²) in [6.07, 6.45) is 0. The molecule has 0 aliphatic heterocycles. The predicted molar refractivity (Wildman–Crippen MR) is 48.6 cm³/mol. The Morgan fingerprint density at radius 1 is 1.17 bits per heavy atom. The summed E-state index contributed by atoms with van der Waals surface area (Å²) in [5, 5.41) is 14.0. The second-order valence-corrected chi connectivity index (χ2v) is 1.97. The van der Waals surface area contributed by atoms with Gasteiger partial charge in [-0.1, -0.05) is 18.2 Å². The Morgan fingerprint density at radius 2 is 1.50 bits per heavy atom. The molecule has 0 aromatic heterocycles. The van der Waals surface area contributed by atoms with Gasteiger partial charge < -0.3 is 17.0 Å². The molecule has 1 radical (unpaired) electrons. The van der Waals surface area contributed by atoms with Gasteiger partial charge in [-0.05, 0) is 12.1 Å². The average Bonchev–Trinajstić information content (AvgIpc) is 1.91. The van der Waals surface area contributed by atoms with E-state index in [-0.39, 0.29) is 44.1 Å². The van der Waals surface area contributed by atoms with Crippen LogP contribution in [0.15, 0.2) is 35.2 Å². The van der Waals surface area contributed by atoms with Gasteiger partial charge in [0, 0.05) is 4.90 Å². The van der Waals surface area contributed by atoms with E-state index in [9.17, 15) is 0 Å². The smallest absolute Gasteiger partial charge is 1.00 e. The summed E-state index contributed by atoms with van der Waals surface area (Å²) in [7, 11) is 0. The van der Waals surface area contributed by atoms with Gasteiger partial charge in [0.2, 0.25) is 0 Å². The van der Waals surface area contributed by atoms with Gasteiger partial charge in [0.05, 0.1) is 0 Å². The summed E-state index contributed by atoms with van der Waals surface area (Å²) >= 11 is 4.08. The minimum Gasteiger partial charge on any atom is -1.00 e. The Labute approximate surface area is 102 Å². The Balaban J connectivity index is -0.0000000615. The molecule has 4 N–H and O–H groups in total. The number of rotatable bonds is 0. The van der Waals surface area contributed by atoms with E-state index >= 15 is 0 Å². The summed E-state index contributed by atoms with van der Waals surface area (Å²) in [6, 6.07) is 9.79. The number of thiol groups is 1. The maximum Gasteiger partial charge on any atom is 1.00 e. The van der Waals surface area contributed by atoms with Crippen LogP contribution >= 0.6 is 12.6 Å². The standard InChI is InChI=1S/C6H6S.BH2O2.Na.H2O.H/c7-6-4-2-1-3-5-6;2-1-3;;;/h1-5,7H;2-3H;;1H2;/q;;+1;;-1. The Kier molecular flexibility index (Phi) is 21.5. The largest absolute Gasteiger partial charge is 1.00 e. The van der Waals surface area contributed by atoms with Crippen molar-refractivity contribution in [2.24, 2.45) is 0 Å². The van der Waals surface area contributed by atoms with E-state index in [0.717, 1.165) is 4.90 Å². The topological polar surface area (TPSA) is 72.0 Å². The number of benzene rings is 1. The molecule has 0 unspecified atom stereocenters. The van der Waals surface area contributed by atoms with Crippen LogP contribution in [-0.4, -0.2) is 23.2 Å². The minimum atomic E-state index is 0. The van der Waals surface area contributed by atoms with Crippen LogP contribution in [-0.2, 0) is 0 Å². The van der Waals surface area contributed by atoms with Crippen LogP contribution in [0, 0.1) is 0 Å². The first-order valence-electron chi connectivity index (χ1n) is 2.65. The summed E-state index contributed by atoms with van der Waals surface area (Å²) in [6.45, 7) is 0. The van der Waals surface area contributed by atoms with E-state index < -0.39 is 0 Å². The molecule has 0 fully saturated rings. The summed E-state index contributed by atoms with van der Waals surface area (Å²) in [5.74, 6) is 0. The molecule has 6 heteroatoms. The average molecular weight is 197 g/mol. The molecular weight excluding hydrogens is 186 g/mol. The van der Waals surface area contributed by atoms with Crippen LogP contribution < -0.4 is 29.6 Å². The van der Waals surface area contributed by atoms with E-state index in [1.165, 1.54) is 0 Å². The second kappa shape index (κ2) is 14.1. The minimum absolute atomic E-state index is 0. The Hall–Kier alpha value is 0.515. The first kappa shape index (κ1) is 18.3. The zero-order valence-corrected chi connectivity index (χ0v) is 9.70. The van der Waals surface area contributed by atoms with Crippen LogP contribution in [0.4, 0.5) is 0 Å². The van der Waals surface area contributed by atoms with Crippen LogP contribution in [0.2, 0.25) is 0 Å². The first-order chi connectivity index (χ1) is 4.81. The van der Waals surface area contributed by atoms with Crippen molar-refractivity contribution in [1.82, 2.24) is 0 Å². The van der Waals surface area contributed by atoms with Crippen molar-refractivity contribution >= 4 is 20.3 Å². The number of hydrogen-bond acceptors (Lipinski definition) is 3. The van der Waals surface area contributed by atoms with Crippen LogP contribution in [0.3, 0.4) is 0 Å². The molecule has 0 amide bonds. The molecule has 0 spiro atoms. The third-order valence-corrected chi connectivity index (χ3v) is 1.05. The van der Waals surface area contributed by atoms with Gasteiger partial charge in [-0.15, -0.1) is 12.6 Å². The maximum atomic E-state index is 7.00. The number of hydrogen-bond donors (Lipinski definition) is 3. The van der Waals surface area contributed by atoms with Crippen molar-refractivity contribution in [1.29, 1.82) is 0 Å². The van der Waals surface area contributed by atoms with Gasteiger partial charge in [0.15, 0.2) is 0 Å². The van der Waals surface area contributed by atoms with Gasteiger partial charge in [-0.25, -0.2) is 0 Å². The van der Waals surface area contributed by atoms with Gasteiger partial charge in [0.1, 0.15) is 0 Å². The van der Waals surface area contributed by atoms with Crippen molar-refractivity contribution in [3.63, 3.8) is 0 Å². The van der Waals surface area contributed by atoms with Crippen molar-refractivity contribution in [2.45, 2.75) is 4.90 Å². The van der Waals surface area contributed by atoms with E-state index in [1.54, 1.807) is 0 Å². The molecule has 0 saturated carbocycles. The molecule has 63 valence electrons. The molecule has 0 heterocycles. The van der Waals surface area contributed by atoms with Crippen LogP contribution in [0.25, 0.3) is 0 Å². The second-order valence-electron chi connectivity index (χ2n) is 1.45. The fourth-order valence-corrected chi connectivity index (χ4v) is 0.600. The monoisotopic (exact) mass is 197 g/mol. The molecule has 12 heavy (non-hydrogen) atoms. The van der Waals surface area contributed by atoms with E-state index in [1.807, 2.05) is 30.3 Å². The van der Waals surface area contributed by atoms with Gasteiger partial charge in [-0.2, -0.15) is 0 Å². The molecule has 1 rings (SSSR count). The summed E-state index contributed by atoms with van der Waals surface area (Å²) < 4.78 is 0. The van der Waals surface area contributed by atoms with E-state index in [4.69, 9.17) is 10.0 Å². The van der Waals surface area contributed by atoms with E-state index in [0.29, 0.717) is 0 Å². The van der Waals surface area contributed by atoms with Crippen molar-refractivity contribution in [2.75, 3.05) is 0 Å². The fourth-order valence-electron chi connectivity index (χ4n) is 0.428. The SMILES string of the molecule is O.O[B]O.Sc1ccccc1.[H-].[Na+]. The zero-order chi connectivity index (χ0) is 7.82.